The molecule has 0 bridgehead atoms. The maximum absolute atomic E-state index is 12.0. The minimum absolute atomic E-state index is 0.169. The molecule has 0 spiro atoms. The molecule has 2 rings (SSSR count). The quantitative estimate of drug-likeness (QED) is 0.889. The first-order chi connectivity index (χ1) is 10.1. The molecule has 2 heterocycles. The van der Waals surface area contributed by atoms with E-state index in [2.05, 4.69) is 10.3 Å². The Bertz CT molecular complexity index is 628. The fourth-order valence-corrected chi connectivity index (χ4v) is 2.42. The lowest BCUT2D eigenvalue weighted by Gasteiger charge is -2.18. The van der Waals surface area contributed by atoms with E-state index in [1.54, 1.807) is 24.5 Å². The van der Waals surface area contributed by atoms with Crippen molar-refractivity contribution in [3.05, 3.63) is 46.4 Å². The van der Waals surface area contributed by atoms with Crippen molar-refractivity contribution in [1.29, 1.82) is 0 Å². The molecule has 0 aliphatic rings. The number of likely N-dealkylation sites (N-methyl/N-ethyl adjacent to an activating group) is 1. The van der Waals surface area contributed by atoms with Crippen LogP contribution in [-0.2, 0) is 6.42 Å². The second kappa shape index (κ2) is 6.85. The van der Waals surface area contributed by atoms with Crippen LogP contribution in [-0.4, -0.2) is 40.6 Å². The predicted molar refractivity (Wildman–Crippen MR) is 80.9 cm³/mol. The van der Waals surface area contributed by atoms with Crippen molar-refractivity contribution in [3.8, 4) is 0 Å². The Morgan fingerprint density at radius 2 is 2.19 bits per heavy atom. The number of urea groups is 1. The summed E-state index contributed by atoms with van der Waals surface area (Å²) in [5, 5.41) is 13.6. The Balaban J connectivity index is 1.96. The van der Waals surface area contributed by atoms with Crippen LogP contribution >= 0.6 is 11.3 Å². The highest BCUT2D eigenvalue weighted by Gasteiger charge is 2.15. The second-order valence-corrected chi connectivity index (χ2v) is 5.42. The van der Waals surface area contributed by atoms with E-state index in [1.807, 2.05) is 17.5 Å². The third-order valence-corrected chi connectivity index (χ3v) is 3.81. The summed E-state index contributed by atoms with van der Waals surface area (Å²) in [4.78, 5) is 29.5. The number of rotatable bonds is 5. The van der Waals surface area contributed by atoms with Gasteiger partial charge in [-0.05, 0) is 30.0 Å². The highest BCUT2D eigenvalue weighted by Crippen LogP contribution is 2.13. The number of anilines is 1. The number of aromatic carboxylic acids is 1. The Kier molecular flexibility index (Phi) is 4.89. The van der Waals surface area contributed by atoms with Gasteiger partial charge < -0.3 is 15.3 Å². The van der Waals surface area contributed by atoms with Gasteiger partial charge in [0.2, 0.25) is 0 Å². The molecular formula is C14H15N3O3S. The van der Waals surface area contributed by atoms with Gasteiger partial charge in [0.05, 0.1) is 5.69 Å². The van der Waals surface area contributed by atoms with Crippen molar-refractivity contribution >= 4 is 29.0 Å². The van der Waals surface area contributed by atoms with Crippen molar-refractivity contribution in [2.75, 3.05) is 18.9 Å². The van der Waals surface area contributed by atoms with Gasteiger partial charge >= 0.3 is 12.0 Å². The van der Waals surface area contributed by atoms with Crippen LogP contribution in [0.25, 0.3) is 0 Å². The van der Waals surface area contributed by atoms with Gasteiger partial charge in [-0.1, -0.05) is 6.07 Å². The molecule has 6 nitrogen and oxygen atoms in total. The van der Waals surface area contributed by atoms with E-state index in [0.717, 1.165) is 6.42 Å². The maximum Gasteiger partial charge on any atom is 0.356 e. The Morgan fingerprint density at radius 1 is 1.38 bits per heavy atom. The van der Waals surface area contributed by atoms with Gasteiger partial charge in [-0.25, -0.2) is 14.6 Å². The second-order valence-electron chi connectivity index (χ2n) is 4.39. The van der Waals surface area contributed by atoms with E-state index in [4.69, 9.17) is 5.11 Å². The zero-order valence-corrected chi connectivity index (χ0v) is 12.3. The third kappa shape index (κ3) is 4.03. The lowest BCUT2D eigenvalue weighted by atomic mass is 10.3. The van der Waals surface area contributed by atoms with E-state index in [1.165, 1.54) is 22.0 Å². The molecule has 21 heavy (non-hydrogen) atoms. The number of carbonyl (C=O) groups is 2. The van der Waals surface area contributed by atoms with Crippen molar-refractivity contribution in [2.45, 2.75) is 6.42 Å². The number of hydrogen-bond donors (Lipinski definition) is 2. The van der Waals surface area contributed by atoms with E-state index in [0.29, 0.717) is 6.54 Å². The third-order valence-electron chi connectivity index (χ3n) is 2.87. The molecule has 0 aromatic carbocycles. The van der Waals surface area contributed by atoms with Crippen LogP contribution in [0.4, 0.5) is 10.5 Å². The van der Waals surface area contributed by atoms with Crippen LogP contribution in [0, 0.1) is 0 Å². The Hall–Kier alpha value is -2.41. The van der Waals surface area contributed by atoms with Crippen LogP contribution in [0.2, 0.25) is 0 Å². The monoisotopic (exact) mass is 305 g/mol. The van der Waals surface area contributed by atoms with Gasteiger partial charge in [0, 0.05) is 24.7 Å². The first-order valence-electron chi connectivity index (χ1n) is 6.30. The largest absolute Gasteiger partial charge is 0.476 e. The van der Waals surface area contributed by atoms with Crippen LogP contribution in [0.15, 0.2) is 35.8 Å². The van der Waals surface area contributed by atoms with E-state index >= 15 is 0 Å². The number of aromatic nitrogens is 1. The number of pyridine rings is 1. The van der Waals surface area contributed by atoms with Crippen LogP contribution in [0.3, 0.4) is 0 Å². The number of carboxylic acid groups (broad SMARTS) is 1. The minimum Gasteiger partial charge on any atom is -0.476 e. The first-order valence-corrected chi connectivity index (χ1v) is 7.18. The molecule has 2 aromatic heterocycles. The summed E-state index contributed by atoms with van der Waals surface area (Å²) in [5.41, 5.74) is 0.0236. The maximum atomic E-state index is 12.0. The zero-order chi connectivity index (χ0) is 15.2. The fourth-order valence-electron chi connectivity index (χ4n) is 1.72. The lowest BCUT2D eigenvalue weighted by molar-refractivity contribution is 0.0691. The summed E-state index contributed by atoms with van der Waals surface area (Å²) in [7, 11) is 1.67. The molecule has 0 atom stereocenters. The molecule has 2 aromatic rings. The lowest BCUT2D eigenvalue weighted by Crippen LogP contribution is -2.33. The highest BCUT2D eigenvalue weighted by molar-refractivity contribution is 7.09. The van der Waals surface area contributed by atoms with Crippen LogP contribution in [0.5, 0.6) is 0 Å². The topological polar surface area (TPSA) is 82.5 Å². The molecule has 0 aliphatic heterocycles. The van der Waals surface area contributed by atoms with Crippen molar-refractivity contribution in [3.63, 3.8) is 0 Å². The first kappa shape index (κ1) is 15.0. The van der Waals surface area contributed by atoms with Crippen molar-refractivity contribution in [1.82, 2.24) is 9.88 Å². The van der Waals surface area contributed by atoms with Gasteiger partial charge in [0.25, 0.3) is 0 Å². The summed E-state index contributed by atoms with van der Waals surface area (Å²) in [6.45, 7) is 0.551. The van der Waals surface area contributed by atoms with Crippen molar-refractivity contribution < 1.29 is 14.7 Å². The predicted octanol–water partition coefficient (Wildman–Crippen LogP) is 2.55. The number of nitrogens with zero attached hydrogens (tertiary/aromatic N) is 2. The SMILES string of the molecule is CN(CCc1cccs1)C(=O)Nc1cccnc1C(=O)O. The van der Waals surface area contributed by atoms with E-state index in [-0.39, 0.29) is 17.4 Å². The summed E-state index contributed by atoms with van der Waals surface area (Å²) in [5.74, 6) is -1.17. The Morgan fingerprint density at radius 3 is 2.86 bits per heavy atom. The molecule has 7 heteroatoms. The molecule has 2 N–H and O–H groups in total. The fraction of sp³-hybridized carbons (Fsp3) is 0.214. The van der Waals surface area contributed by atoms with Gasteiger partial charge in [0.15, 0.2) is 5.69 Å². The minimum atomic E-state index is -1.17. The average Bonchev–Trinajstić information content (AvgIpc) is 2.98. The Labute approximate surface area is 126 Å². The molecule has 0 aliphatic carbocycles. The number of carbonyl (C=O) groups excluding carboxylic acids is 1. The standard InChI is InChI=1S/C14H15N3O3S/c1-17(8-6-10-4-3-9-21-10)14(20)16-11-5-2-7-15-12(11)13(18)19/h2-5,7,9H,6,8H2,1H3,(H,16,20)(H,18,19). The molecule has 0 saturated carbocycles. The van der Waals surface area contributed by atoms with Crippen LogP contribution < -0.4 is 5.32 Å². The molecule has 2 amide bonds. The number of nitrogens with one attached hydrogen (secondary N) is 1. The summed E-state index contributed by atoms with van der Waals surface area (Å²) < 4.78 is 0. The molecule has 0 saturated heterocycles. The molecule has 0 fully saturated rings. The number of thiophene rings is 1. The van der Waals surface area contributed by atoms with Gasteiger partial charge in [0.1, 0.15) is 0 Å². The summed E-state index contributed by atoms with van der Waals surface area (Å²) in [6, 6.07) is 6.71. The van der Waals surface area contributed by atoms with E-state index in [9.17, 15) is 9.59 Å². The molecule has 0 radical (unpaired) electrons. The van der Waals surface area contributed by atoms with Gasteiger partial charge in [-0.15, -0.1) is 11.3 Å². The highest BCUT2D eigenvalue weighted by atomic mass is 32.1. The smallest absolute Gasteiger partial charge is 0.356 e. The van der Waals surface area contributed by atoms with Crippen LogP contribution in [0.1, 0.15) is 15.4 Å². The molecule has 0 unspecified atom stereocenters. The average molecular weight is 305 g/mol. The summed E-state index contributed by atoms with van der Waals surface area (Å²) >= 11 is 1.64. The zero-order valence-electron chi connectivity index (χ0n) is 11.4. The van der Waals surface area contributed by atoms with E-state index < -0.39 is 5.97 Å². The van der Waals surface area contributed by atoms with Crippen molar-refractivity contribution in [2.24, 2.45) is 0 Å². The van der Waals surface area contributed by atoms with Gasteiger partial charge in [-0.2, -0.15) is 0 Å². The number of hydrogen-bond acceptors (Lipinski definition) is 4. The number of amides is 2. The molecule has 110 valence electrons. The normalized spacial score (nSPS) is 10.1. The molecular weight excluding hydrogens is 290 g/mol. The summed E-state index contributed by atoms with van der Waals surface area (Å²) in [6.07, 6.45) is 2.14. The number of carboxylic acids is 1. The van der Waals surface area contributed by atoms with Gasteiger partial charge in [-0.3, -0.25) is 0 Å².